The topological polar surface area (TPSA) is 88.0 Å². The SMILES string of the molecule is CCNC(=O)OC1/C=C/C(O)CC(OC(C)(C)C)C(O)C1. The van der Waals surface area contributed by atoms with E-state index < -0.39 is 36.1 Å². The van der Waals surface area contributed by atoms with E-state index >= 15 is 0 Å². The van der Waals surface area contributed by atoms with Gasteiger partial charge in [0.15, 0.2) is 0 Å². The normalized spacial score (nSPS) is 31.9. The molecule has 0 fully saturated rings. The van der Waals surface area contributed by atoms with Gasteiger partial charge in [0.25, 0.3) is 0 Å². The molecule has 6 nitrogen and oxygen atoms in total. The van der Waals surface area contributed by atoms with Gasteiger partial charge in [0.05, 0.1) is 23.9 Å². The van der Waals surface area contributed by atoms with Gasteiger partial charge in [0, 0.05) is 19.4 Å². The standard InChI is InChI=1S/C15H27NO5/c1-5-16-14(19)20-11-7-6-10(17)8-13(12(18)9-11)21-15(2,3)4/h6-7,10-13,17-18H,5,8-9H2,1-4H3,(H,16,19)/b7-6+. The molecule has 0 heterocycles. The molecule has 122 valence electrons. The van der Waals surface area contributed by atoms with Crippen molar-refractivity contribution in [1.82, 2.24) is 5.32 Å². The van der Waals surface area contributed by atoms with Gasteiger partial charge in [0.2, 0.25) is 0 Å². The first-order chi connectivity index (χ1) is 9.71. The largest absolute Gasteiger partial charge is 0.442 e. The van der Waals surface area contributed by atoms with Crippen molar-refractivity contribution in [2.24, 2.45) is 0 Å². The molecule has 0 aromatic heterocycles. The van der Waals surface area contributed by atoms with Crippen LogP contribution < -0.4 is 5.32 Å². The minimum absolute atomic E-state index is 0.237. The Morgan fingerprint density at radius 1 is 1.29 bits per heavy atom. The molecular weight excluding hydrogens is 274 g/mol. The van der Waals surface area contributed by atoms with E-state index in [9.17, 15) is 15.0 Å². The first-order valence-electron chi connectivity index (χ1n) is 7.38. The minimum Gasteiger partial charge on any atom is -0.442 e. The molecule has 4 unspecified atom stereocenters. The summed E-state index contributed by atoms with van der Waals surface area (Å²) >= 11 is 0. The van der Waals surface area contributed by atoms with E-state index in [4.69, 9.17) is 9.47 Å². The van der Waals surface area contributed by atoms with Gasteiger partial charge in [-0.15, -0.1) is 0 Å². The van der Waals surface area contributed by atoms with Crippen molar-refractivity contribution >= 4 is 6.09 Å². The van der Waals surface area contributed by atoms with Gasteiger partial charge in [-0.2, -0.15) is 0 Å². The molecule has 1 rings (SSSR count). The van der Waals surface area contributed by atoms with Crippen LogP contribution in [0.4, 0.5) is 4.79 Å². The van der Waals surface area contributed by atoms with Crippen molar-refractivity contribution in [2.75, 3.05) is 6.54 Å². The van der Waals surface area contributed by atoms with Crippen LogP contribution in [0, 0.1) is 0 Å². The third-order valence-corrected chi connectivity index (χ3v) is 3.01. The zero-order valence-electron chi connectivity index (χ0n) is 13.2. The van der Waals surface area contributed by atoms with Crippen molar-refractivity contribution < 1.29 is 24.5 Å². The maximum Gasteiger partial charge on any atom is 0.407 e. The first-order valence-corrected chi connectivity index (χ1v) is 7.38. The van der Waals surface area contributed by atoms with Gasteiger partial charge < -0.3 is 25.0 Å². The van der Waals surface area contributed by atoms with Crippen molar-refractivity contribution in [2.45, 2.75) is 70.6 Å². The van der Waals surface area contributed by atoms with Crippen molar-refractivity contribution in [1.29, 1.82) is 0 Å². The number of ether oxygens (including phenoxy) is 2. The Labute approximate surface area is 126 Å². The number of hydrogen-bond donors (Lipinski definition) is 3. The summed E-state index contributed by atoms with van der Waals surface area (Å²) in [5, 5.41) is 22.7. The zero-order valence-corrected chi connectivity index (χ0v) is 13.2. The molecule has 0 saturated heterocycles. The van der Waals surface area contributed by atoms with Crippen LogP contribution in [0.5, 0.6) is 0 Å². The highest BCUT2D eigenvalue weighted by Gasteiger charge is 2.31. The maximum atomic E-state index is 11.5. The maximum absolute atomic E-state index is 11.5. The lowest BCUT2D eigenvalue weighted by molar-refractivity contribution is -0.129. The van der Waals surface area contributed by atoms with Crippen molar-refractivity contribution in [3.05, 3.63) is 12.2 Å². The first kappa shape index (κ1) is 17.9. The molecule has 1 aliphatic rings. The average Bonchev–Trinajstić information content (AvgIpc) is 2.32. The molecule has 4 atom stereocenters. The van der Waals surface area contributed by atoms with E-state index in [-0.39, 0.29) is 6.42 Å². The van der Waals surface area contributed by atoms with Gasteiger partial charge in [-0.25, -0.2) is 4.79 Å². The molecule has 0 aromatic carbocycles. The molecule has 0 radical (unpaired) electrons. The number of rotatable bonds is 3. The van der Waals surface area contributed by atoms with E-state index in [2.05, 4.69) is 5.32 Å². The van der Waals surface area contributed by atoms with E-state index in [1.807, 2.05) is 20.8 Å². The van der Waals surface area contributed by atoms with Crippen molar-refractivity contribution in [3.63, 3.8) is 0 Å². The van der Waals surface area contributed by atoms with E-state index in [0.717, 1.165) is 0 Å². The quantitative estimate of drug-likeness (QED) is 0.685. The van der Waals surface area contributed by atoms with E-state index in [1.54, 1.807) is 19.1 Å². The molecule has 1 aliphatic carbocycles. The summed E-state index contributed by atoms with van der Waals surface area (Å²) in [5.74, 6) is 0. The molecule has 6 heteroatoms. The van der Waals surface area contributed by atoms with Crippen LogP contribution in [0.15, 0.2) is 12.2 Å². The third-order valence-electron chi connectivity index (χ3n) is 3.01. The summed E-state index contributed by atoms with van der Waals surface area (Å²) < 4.78 is 11.0. The summed E-state index contributed by atoms with van der Waals surface area (Å²) in [6.45, 7) is 7.94. The molecular formula is C15H27NO5. The van der Waals surface area contributed by atoms with Crippen LogP contribution in [0.1, 0.15) is 40.5 Å². The van der Waals surface area contributed by atoms with E-state index in [1.165, 1.54) is 0 Å². The van der Waals surface area contributed by atoms with Crippen LogP contribution in [0.25, 0.3) is 0 Å². The molecule has 0 saturated carbocycles. The highest BCUT2D eigenvalue weighted by atomic mass is 16.6. The number of alkyl carbamates (subject to hydrolysis) is 1. The fourth-order valence-corrected chi connectivity index (χ4v) is 2.19. The van der Waals surface area contributed by atoms with Gasteiger partial charge in [0.1, 0.15) is 6.10 Å². The Kier molecular flexibility index (Phi) is 6.64. The Hall–Kier alpha value is -1.11. The summed E-state index contributed by atoms with van der Waals surface area (Å²) in [6, 6.07) is 0. The van der Waals surface area contributed by atoms with Gasteiger partial charge >= 0.3 is 6.09 Å². The highest BCUT2D eigenvalue weighted by Crippen LogP contribution is 2.23. The predicted octanol–water partition coefficient (Wildman–Crippen LogP) is 1.36. The molecule has 0 bridgehead atoms. The van der Waals surface area contributed by atoms with Crippen LogP contribution in [0.2, 0.25) is 0 Å². The average molecular weight is 301 g/mol. The predicted molar refractivity (Wildman–Crippen MR) is 79.0 cm³/mol. The van der Waals surface area contributed by atoms with Crippen LogP contribution in [0.3, 0.4) is 0 Å². The summed E-state index contributed by atoms with van der Waals surface area (Å²) in [6.07, 6.45) is 0.534. The number of hydrogen-bond acceptors (Lipinski definition) is 5. The lowest BCUT2D eigenvalue weighted by Gasteiger charge is -2.34. The Morgan fingerprint density at radius 2 is 1.95 bits per heavy atom. The smallest absolute Gasteiger partial charge is 0.407 e. The van der Waals surface area contributed by atoms with Gasteiger partial charge in [-0.1, -0.05) is 6.08 Å². The zero-order chi connectivity index (χ0) is 16.0. The number of aliphatic hydroxyl groups is 2. The monoisotopic (exact) mass is 301 g/mol. The Morgan fingerprint density at radius 3 is 2.52 bits per heavy atom. The molecule has 1 amide bonds. The number of carbonyl (C=O) groups is 1. The number of carbonyl (C=O) groups excluding carboxylic acids is 1. The van der Waals surface area contributed by atoms with Crippen LogP contribution >= 0.6 is 0 Å². The molecule has 0 spiro atoms. The second-order valence-electron chi connectivity index (χ2n) is 6.23. The molecule has 21 heavy (non-hydrogen) atoms. The second-order valence-corrected chi connectivity index (χ2v) is 6.23. The van der Waals surface area contributed by atoms with Crippen LogP contribution in [-0.4, -0.2) is 52.9 Å². The van der Waals surface area contributed by atoms with Crippen LogP contribution in [-0.2, 0) is 9.47 Å². The molecule has 0 aromatic rings. The lowest BCUT2D eigenvalue weighted by Crippen LogP contribution is -2.42. The highest BCUT2D eigenvalue weighted by molar-refractivity contribution is 5.67. The summed E-state index contributed by atoms with van der Waals surface area (Å²) in [7, 11) is 0. The van der Waals surface area contributed by atoms with Gasteiger partial charge in [-0.05, 0) is 33.8 Å². The second kappa shape index (κ2) is 7.77. The fourth-order valence-electron chi connectivity index (χ4n) is 2.19. The minimum atomic E-state index is -0.816. The number of amides is 1. The third kappa shape index (κ3) is 6.93. The lowest BCUT2D eigenvalue weighted by atomic mass is 9.96. The number of nitrogens with one attached hydrogen (secondary N) is 1. The molecule has 3 N–H and O–H groups in total. The Balaban J connectivity index is 2.73. The number of aliphatic hydroxyl groups excluding tert-OH is 2. The Bertz CT molecular complexity index is 364. The van der Waals surface area contributed by atoms with Crippen molar-refractivity contribution in [3.8, 4) is 0 Å². The summed E-state index contributed by atoms with van der Waals surface area (Å²) in [4.78, 5) is 11.5. The van der Waals surface area contributed by atoms with E-state index in [0.29, 0.717) is 13.0 Å². The van der Waals surface area contributed by atoms with Gasteiger partial charge in [-0.3, -0.25) is 0 Å². The summed E-state index contributed by atoms with van der Waals surface area (Å²) in [5.41, 5.74) is -0.426. The fraction of sp³-hybridized carbons (Fsp3) is 0.800. The molecule has 0 aliphatic heterocycles.